The van der Waals surface area contributed by atoms with Crippen LogP contribution in [0.2, 0.25) is 0 Å². The number of rotatable bonds is 3. The summed E-state index contributed by atoms with van der Waals surface area (Å²) in [4.78, 5) is 15.8. The minimum absolute atomic E-state index is 0.234. The van der Waals surface area contributed by atoms with Crippen molar-refractivity contribution in [2.45, 2.75) is 13.8 Å². The van der Waals surface area contributed by atoms with Gasteiger partial charge in [-0.1, -0.05) is 30.3 Å². The van der Waals surface area contributed by atoms with Gasteiger partial charge in [-0.15, -0.1) is 0 Å². The lowest BCUT2D eigenvalue weighted by Gasteiger charge is -2.09. The highest BCUT2D eigenvalue weighted by molar-refractivity contribution is 7.71. The van der Waals surface area contributed by atoms with Crippen LogP contribution in [0.1, 0.15) is 17.0 Å². The lowest BCUT2D eigenvalue weighted by Crippen LogP contribution is -2.18. The van der Waals surface area contributed by atoms with E-state index < -0.39 is 0 Å². The molecule has 0 unspecified atom stereocenters. The summed E-state index contributed by atoms with van der Waals surface area (Å²) >= 11 is 5.31. The van der Waals surface area contributed by atoms with Gasteiger partial charge in [-0.2, -0.15) is 9.78 Å². The van der Waals surface area contributed by atoms with Crippen LogP contribution in [0.4, 0.5) is 0 Å². The molecule has 0 amide bonds. The van der Waals surface area contributed by atoms with Gasteiger partial charge in [0.15, 0.2) is 0 Å². The van der Waals surface area contributed by atoms with Crippen LogP contribution in [0.25, 0.3) is 16.6 Å². The Kier molecular flexibility index (Phi) is 4.33. The van der Waals surface area contributed by atoms with E-state index in [4.69, 9.17) is 12.2 Å². The molecule has 0 aliphatic rings. The Labute approximate surface area is 161 Å². The normalized spacial score (nSPS) is 11.5. The molecule has 0 aliphatic heterocycles. The van der Waals surface area contributed by atoms with Crippen molar-refractivity contribution in [1.29, 1.82) is 0 Å². The first kappa shape index (κ1) is 17.2. The number of aromatic nitrogens is 3. The Morgan fingerprint density at radius 2 is 1.74 bits per heavy atom. The third-order valence-corrected chi connectivity index (χ3v) is 4.86. The molecule has 0 aliphatic carbocycles. The predicted octanol–water partition coefficient (Wildman–Crippen LogP) is 4.35. The van der Waals surface area contributed by atoms with Crippen LogP contribution < -0.4 is 5.56 Å². The van der Waals surface area contributed by atoms with Crippen molar-refractivity contribution >= 4 is 29.3 Å². The molecule has 0 spiro atoms. The van der Waals surface area contributed by atoms with Gasteiger partial charge in [0.05, 0.1) is 17.1 Å². The fraction of sp³-hybridized carbons (Fsp3) is 0.0952. The Bertz CT molecular complexity index is 1280. The minimum atomic E-state index is -0.234. The van der Waals surface area contributed by atoms with Crippen molar-refractivity contribution in [1.82, 2.24) is 14.2 Å². The molecular formula is C21H18N4OS. The lowest BCUT2D eigenvalue weighted by molar-refractivity contribution is 0.799. The van der Waals surface area contributed by atoms with Gasteiger partial charge < -0.3 is 9.55 Å². The summed E-state index contributed by atoms with van der Waals surface area (Å²) < 4.78 is 3.66. The largest absolute Gasteiger partial charge is 0.330 e. The molecule has 0 atom stereocenters. The van der Waals surface area contributed by atoms with E-state index in [9.17, 15) is 4.79 Å². The van der Waals surface area contributed by atoms with Gasteiger partial charge in [0.2, 0.25) is 4.77 Å². The number of benzene rings is 2. The second-order valence-electron chi connectivity index (χ2n) is 6.33. The van der Waals surface area contributed by atoms with E-state index in [1.54, 1.807) is 12.3 Å². The third-order valence-electron chi connectivity index (χ3n) is 4.58. The van der Waals surface area contributed by atoms with Gasteiger partial charge in [-0.25, -0.2) is 0 Å². The summed E-state index contributed by atoms with van der Waals surface area (Å²) in [5.41, 5.74) is 4.64. The van der Waals surface area contributed by atoms with E-state index in [1.807, 2.05) is 56.3 Å². The highest BCUT2D eigenvalue weighted by atomic mass is 32.1. The van der Waals surface area contributed by atoms with Crippen molar-refractivity contribution in [3.63, 3.8) is 0 Å². The van der Waals surface area contributed by atoms with Gasteiger partial charge >= 0.3 is 0 Å². The molecule has 2 aromatic carbocycles. The summed E-state index contributed by atoms with van der Waals surface area (Å²) in [6, 6.07) is 19.5. The maximum Gasteiger partial charge on any atom is 0.282 e. The number of fused-ring (bicyclic) bond motifs is 1. The van der Waals surface area contributed by atoms with E-state index in [0.29, 0.717) is 10.9 Å². The number of nitrogens with one attached hydrogen (secondary N) is 1. The molecule has 0 bridgehead atoms. The highest BCUT2D eigenvalue weighted by Crippen LogP contribution is 2.19. The molecule has 4 aromatic rings. The monoisotopic (exact) mass is 374 g/mol. The van der Waals surface area contributed by atoms with Crippen molar-refractivity contribution in [2.75, 3.05) is 0 Å². The summed E-state index contributed by atoms with van der Waals surface area (Å²) in [7, 11) is 0. The fourth-order valence-corrected chi connectivity index (χ4v) is 3.51. The molecule has 1 N–H and O–H groups in total. The Morgan fingerprint density at radius 1 is 1.04 bits per heavy atom. The number of hydrogen-bond donors (Lipinski definition) is 1. The number of hydrogen-bond acceptors (Lipinski definition) is 3. The zero-order chi connectivity index (χ0) is 19.0. The molecule has 4 rings (SSSR count). The van der Waals surface area contributed by atoms with E-state index in [-0.39, 0.29) is 10.3 Å². The summed E-state index contributed by atoms with van der Waals surface area (Å²) in [5.74, 6) is 0. The van der Waals surface area contributed by atoms with Gasteiger partial charge in [-0.3, -0.25) is 4.79 Å². The summed E-state index contributed by atoms with van der Waals surface area (Å²) in [6.45, 7) is 4.08. The standard InChI is InChI=1S/C21H18N4OS/c1-14-12-16(15(2)24(14)17-8-4-3-5-9-17)13-22-25-20(26)18-10-6-7-11-19(18)23-21(25)27/h3-13H,1-2H3,(H,23,27)/b22-13-. The van der Waals surface area contributed by atoms with Gasteiger partial charge in [-0.05, 0) is 56.4 Å². The highest BCUT2D eigenvalue weighted by Gasteiger charge is 2.09. The van der Waals surface area contributed by atoms with Crippen LogP contribution in [-0.4, -0.2) is 20.4 Å². The van der Waals surface area contributed by atoms with Crippen molar-refractivity contribution in [3.8, 4) is 5.69 Å². The second kappa shape index (κ2) is 6.81. The predicted molar refractivity (Wildman–Crippen MR) is 112 cm³/mol. The van der Waals surface area contributed by atoms with E-state index >= 15 is 0 Å². The van der Waals surface area contributed by atoms with Crippen LogP contribution in [0, 0.1) is 18.6 Å². The zero-order valence-electron chi connectivity index (χ0n) is 15.0. The average molecular weight is 374 g/mol. The summed E-state index contributed by atoms with van der Waals surface area (Å²) in [6.07, 6.45) is 1.68. The first-order valence-electron chi connectivity index (χ1n) is 8.59. The molecule has 0 radical (unpaired) electrons. The van der Waals surface area contributed by atoms with Gasteiger partial charge in [0, 0.05) is 22.6 Å². The topological polar surface area (TPSA) is 55.1 Å². The molecule has 0 saturated carbocycles. The number of aromatic amines is 1. The molecule has 0 saturated heterocycles. The molecule has 2 heterocycles. The Balaban J connectivity index is 1.80. The maximum absolute atomic E-state index is 12.7. The second-order valence-corrected chi connectivity index (χ2v) is 6.72. The molecule has 27 heavy (non-hydrogen) atoms. The first-order valence-corrected chi connectivity index (χ1v) is 9.00. The minimum Gasteiger partial charge on any atom is -0.330 e. The van der Waals surface area contributed by atoms with Gasteiger partial charge in [0.25, 0.3) is 5.56 Å². The smallest absolute Gasteiger partial charge is 0.282 e. The molecule has 6 heteroatoms. The molecule has 5 nitrogen and oxygen atoms in total. The first-order chi connectivity index (χ1) is 13.1. The van der Waals surface area contributed by atoms with E-state index in [0.717, 1.165) is 22.6 Å². The van der Waals surface area contributed by atoms with Crippen molar-refractivity contribution in [3.05, 3.63) is 92.7 Å². The number of aryl methyl sites for hydroxylation is 1. The third kappa shape index (κ3) is 3.04. The average Bonchev–Trinajstić information content (AvgIpc) is 2.96. The maximum atomic E-state index is 12.7. The molecule has 134 valence electrons. The molecule has 0 fully saturated rings. The molecular weight excluding hydrogens is 356 g/mol. The van der Waals surface area contributed by atoms with Crippen LogP contribution in [0.15, 0.2) is 70.6 Å². The molecule has 2 aromatic heterocycles. The van der Waals surface area contributed by atoms with E-state index in [1.165, 1.54) is 4.68 Å². The SMILES string of the molecule is Cc1cc(/C=N\n2c(=S)[nH]c3ccccc3c2=O)c(C)n1-c1ccccc1. The van der Waals surface area contributed by atoms with Crippen LogP contribution in [0.5, 0.6) is 0 Å². The van der Waals surface area contributed by atoms with Crippen LogP contribution >= 0.6 is 12.2 Å². The van der Waals surface area contributed by atoms with Crippen molar-refractivity contribution < 1.29 is 0 Å². The van der Waals surface area contributed by atoms with Crippen molar-refractivity contribution in [2.24, 2.45) is 5.10 Å². The van der Waals surface area contributed by atoms with E-state index in [2.05, 4.69) is 26.8 Å². The quantitative estimate of drug-likeness (QED) is 0.428. The fourth-order valence-electron chi connectivity index (χ4n) is 3.27. The van der Waals surface area contributed by atoms with Crippen LogP contribution in [0.3, 0.4) is 0 Å². The summed E-state index contributed by atoms with van der Waals surface area (Å²) in [5, 5.41) is 4.92. The number of para-hydroxylation sites is 2. The zero-order valence-corrected chi connectivity index (χ0v) is 15.8. The van der Waals surface area contributed by atoms with Crippen LogP contribution in [-0.2, 0) is 0 Å². The Morgan fingerprint density at radius 3 is 2.52 bits per heavy atom. The number of H-pyrrole nitrogens is 1. The number of nitrogens with zero attached hydrogens (tertiary/aromatic N) is 3. The Hall–Kier alpha value is -3.25. The lowest BCUT2D eigenvalue weighted by atomic mass is 10.2. The van der Waals surface area contributed by atoms with Gasteiger partial charge in [0.1, 0.15) is 0 Å².